The van der Waals surface area contributed by atoms with Gasteiger partial charge in [-0.25, -0.2) is 0 Å². The van der Waals surface area contributed by atoms with E-state index in [4.69, 9.17) is 10.8 Å². The van der Waals surface area contributed by atoms with Crippen LogP contribution in [0.1, 0.15) is 39.2 Å². The number of nitrogens with two attached hydrogens (primary N) is 1. The summed E-state index contributed by atoms with van der Waals surface area (Å²) >= 11 is 0. The van der Waals surface area contributed by atoms with Crippen LogP contribution in [-0.2, 0) is 30.4 Å². The average molecular weight is 504 g/mol. The molecule has 1 aromatic heterocycles. The molecular weight excluding hydrogens is 470 g/mol. The number of nitrogens with one attached hydrogen (secondary N) is 4. The van der Waals surface area contributed by atoms with Gasteiger partial charge in [0.1, 0.15) is 18.1 Å². The molecule has 8 N–H and O–H groups in total. The number of carbonyl (C=O) groups is 5. The predicted octanol–water partition coefficient (Wildman–Crippen LogP) is 0.117. The standard InChI is InChI=1S/C24H33N5O7/c1-12(2)8-16(25)21(32)28-18(9-14-11-26-17-7-5-4-6-15(14)17)23(34)29-19(10-20(30)31)22(33)27-13(3)24(35)36/h4-7,11-13,16,18-19,26H,8-10,25H2,1-3H3,(H,27,33)(H,28,32)(H,29,34)(H,30,31)(H,35,36). The van der Waals surface area contributed by atoms with Gasteiger partial charge in [-0.1, -0.05) is 32.0 Å². The number of hydrogen-bond donors (Lipinski definition) is 7. The van der Waals surface area contributed by atoms with Crippen molar-refractivity contribution in [1.82, 2.24) is 20.9 Å². The third-order valence-electron chi connectivity index (χ3n) is 5.53. The molecule has 0 aliphatic carbocycles. The number of carboxylic acid groups (broad SMARTS) is 2. The number of aromatic nitrogens is 1. The van der Waals surface area contributed by atoms with Crippen molar-refractivity contribution in [3.05, 3.63) is 36.0 Å². The number of H-pyrrole nitrogens is 1. The van der Waals surface area contributed by atoms with Gasteiger partial charge in [-0.05, 0) is 30.9 Å². The highest BCUT2D eigenvalue weighted by Gasteiger charge is 2.31. The van der Waals surface area contributed by atoms with Gasteiger partial charge in [0.15, 0.2) is 0 Å². The van der Waals surface area contributed by atoms with Crippen molar-refractivity contribution in [2.24, 2.45) is 11.7 Å². The number of benzene rings is 1. The fourth-order valence-corrected chi connectivity index (χ4v) is 3.66. The fourth-order valence-electron chi connectivity index (χ4n) is 3.66. The lowest BCUT2D eigenvalue weighted by Gasteiger charge is -2.24. The minimum absolute atomic E-state index is 0.0307. The minimum atomic E-state index is -1.57. The van der Waals surface area contributed by atoms with Gasteiger partial charge in [0.2, 0.25) is 17.7 Å². The lowest BCUT2D eigenvalue weighted by Crippen LogP contribution is -2.57. The van der Waals surface area contributed by atoms with Gasteiger partial charge in [0.25, 0.3) is 0 Å². The maximum atomic E-state index is 13.2. The smallest absolute Gasteiger partial charge is 0.325 e. The van der Waals surface area contributed by atoms with Crippen LogP contribution in [0.5, 0.6) is 0 Å². The van der Waals surface area contributed by atoms with Crippen molar-refractivity contribution in [3.63, 3.8) is 0 Å². The molecule has 2 rings (SSSR count). The molecule has 196 valence electrons. The molecule has 0 saturated heterocycles. The molecule has 0 bridgehead atoms. The van der Waals surface area contributed by atoms with Crippen LogP contribution < -0.4 is 21.7 Å². The number of carboxylic acids is 2. The Hall–Kier alpha value is -3.93. The Morgan fingerprint density at radius 1 is 0.917 bits per heavy atom. The number of para-hydroxylation sites is 1. The molecule has 12 nitrogen and oxygen atoms in total. The second-order valence-corrected chi connectivity index (χ2v) is 9.09. The number of rotatable bonds is 13. The number of hydrogen-bond acceptors (Lipinski definition) is 6. The normalized spacial score (nSPS) is 14.5. The van der Waals surface area contributed by atoms with Crippen LogP contribution in [0.3, 0.4) is 0 Å². The first-order chi connectivity index (χ1) is 16.9. The largest absolute Gasteiger partial charge is 0.481 e. The van der Waals surface area contributed by atoms with Gasteiger partial charge in [-0.15, -0.1) is 0 Å². The zero-order valence-corrected chi connectivity index (χ0v) is 20.4. The SMILES string of the molecule is CC(C)CC(N)C(=O)NC(Cc1c[nH]c2ccccc12)C(=O)NC(CC(=O)O)C(=O)NC(C)C(=O)O. The summed E-state index contributed by atoms with van der Waals surface area (Å²) in [6.07, 6.45) is 1.32. The average Bonchev–Trinajstić information content (AvgIpc) is 3.20. The first-order valence-electron chi connectivity index (χ1n) is 11.5. The first-order valence-corrected chi connectivity index (χ1v) is 11.5. The molecule has 4 atom stereocenters. The summed E-state index contributed by atoms with van der Waals surface area (Å²) in [7, 11) is 0. The summed E-state index contributed by atoms with van der Waals surface area (Å²) in [6, 6.07) is 2.42. The van der Waals surface area contributed by atoms with E-state index in [0.29, 0.717) is 12.0 Å². The Kier molecular flexibility index (Phi) is 9.97. The third kappa shape index (κ3) is 8.08. The van der Waals surface area contributed by atoms with Gasteiger partial charge in [0.05, 0.1) is 12.5 Å². The molecule has 4 unspecified atom stereocenters. The number of amides is 3. The molecule has 12 heteroatoms. The third-order valence-corrected chi connectivity index (χ3v) is 5.53. The van der Waals surface area contributed by atoms with Crippen LogP contribution in [0.15, 0.2) is 30.5 Å². The summed E-state index contributed by atoms with van der Waals surface area (Å²) in [5.41, 5.74) is 7.51. The summed E-state index contributed by atoms with van der Waals surface area (Å²) < 4.78 is 0. The monoisotopic (exact) mass is 503 g/mol. The van der Waals surface area contributed by atoms with Crippen LogP contribution in [0.2, 0.25) is 0 Å². The molecule has 1 aromatic carbocycles. The first kappa shape index (κ1) is 28.3. The van der Waals surface area contributed by atoms with Crippen LogP contribution >= 0.6 is 0 Å². The van der Waals surface area contributed by atoms with E-state index in [0.717, 1.165) is 10.9 Å². The zero-order valence-electron chi connectivity index (χ0n) is 20.4. The molecule has 0 aliphatic heterocycles. The van der Waals surface area contributed by atoms with E-state index in [1.165, 1.54) is 6.92 Å². The molecule has 0 spiro atoms. The van der Waals surface area contributed by atoms with Gasteiger partial charge in [0, 0.05) is 23.5 Å². The molecule has 36 heavy (non-hydrogen) atoms. The van der Waals surface area contributed by atoms with E-state index >= 15 is 0 Å². The van der Waals surface area contributed by atoms with E-state index in [1.54, 1.807) is 6.20 Å². The van der Waals surface area contributed by atoms with Crippen LogP contribution in [0.4, 0.5) is 0 Å². The summed E-state index contributed by atoms with van der Waals surface area (Å²) in [5.74, 6) is -4.93. The van der Waals surface area contributed by atoms with E-state index < -0.39 is 60.2 Å². The predicted molar refractivity (Wildman–Crippen MR) is 131 cm³/mol. The van der Waals surface area contributed by atoms with Gasteiger partial charge >= 0.3 is 11.9 Å². The van der Waals surface area contributed by atoms with Crippen molar-refractivity contribution in [2.75, 3.05) is 0 Å². The lowest BCUT2D eigenvalue weighted by molar-refractivity contribution is -0.143. The van der Waals surface area contributed by atoms with Crippen LogP contribution in [-0.4, -0.2) is 69.0 Å². The van der Waals surface area contributed by atoms with E-state index in [2.05, 4.69) is 20.9 Å². The molecule has 2 aromatic rings. The second kappa shape index (κ2) is 12.7. The molecule has 0 saturated carbocycles. The minimum Gasteiger partial charge on any atom is -0.481 e. The lowest BCUT2D eigenvalue weighted by atomic mass is 10.0. The Balaban J connectivity index is 2.29. The second-order valence-electron chi connectivity index (χ2n) is 9.09. The van der Waals surface area contributed by atoms with Gasteiger partial charge < -0.3 is 36.9 Å². The molecule has 1 heterocycles. The quantitative estimate of drug-likeness (QED) is 0.199. The molecule has 0 fully saturated rings. The molecular formula is C24H33N5O7. The molecule has 3 amide bonds. The number of aliphatic carboxylic acids is 2. The van der Waals surface area contributed by atoms with Gasteiger partial charge in [-0.3, -0.25) is 24.0 Å². The van der Waals surface area contributed by atoms with E-state index in [9.17, 15) is 29.1 Å². The molecule has 0 aliphatic rings. The highest BCUT2D eigenvalue weighted by atomic mass is 16.4. The van der Waals surface area contributed by atoms with Crippen LogP contribution in [0.25, 0.3) is 10.9 Å². The summed E-state index contributed by atoms with van der Waals surface area (Å²) in [4.78, 5) is 64.0. The Bertz CT molecular complexity index is 1110. The Morgan fingerprint density at radius 2 is 1.53 bits per heavy atom. The molecule has 0 radical (unpaired) electrons. The maximum Gasteiger partial charge on any atom is 0.325 e. The Labute approximate surface area is 208 Å². The van der Waals surface area contributed by atoms with Crippen molar-refractivity contribution >= 4 is 40.6 Å². The fraction of sp³-hybridized carbons (Fsp3) is 0.458. The van der Waals surface area contributed by atoms with E-state index in [1.807, 2.05) is 38.1 Å². The number of carbonyl (C=O) groups excluding carboxylic acids is 3. The van der Waals surface area contributed by atoms with Gasteiger partial charge in [-0.2, -0.15) is 0 Å². The topological polar surface area (TPSA) is 204 Å². The summed E-state index contributed by atoms with van der Waals surface area (Å²) in [6.45, 7) is 5.00. The Morgan fingerprint density at radius 3 is 2.14 bits per heavy atom. The van der Waals surface area contributed by atoms with Crippen molar-refractivity contribution < 1.29 is 34.2 Å². The zero-order chi connectivity index (χ0) is 27.0. The highest BCUT2D eigenvalue weighted by Crippen LogP contribution is 2.19. The number of fused-ring (bicyclic) bond motifs is 1. The number of aromatic amines is 1. The highest BCUT2D eigenvalue weighted by molar-refractivity contribution is 5.96. The van der Waals surface area contributed by atoms with Crippen molar-refractivity contribution in [1.29, 1.82) is 0 Å². The van der Waals surface area contributed by atoms with E-state index in [-0.39, 0.29) is 12.3 Å². The van der Waals surface area contributed by atoms with Crippen molar-refractivity contribution in [2.45, 2.75) is 64.2 Å². The van der Waals surface area contributed by atoms with Crippen molar-refractivity contribution in [3.8, 4) is 0 Å². The maximum absolute atomic E-state index is 13.2. The van der Waals surface area contributed by atoms with Crippen LogP contribution in [0, 0.1) is 5.92 Å². The summed E-state index contributed by atoms with van der Waals surface area (Å²) in [5, 5.41) is 26.2.